The fraction of sp³-hybridized carbons (Fsp3) is 0.538. The van der Waals surface area contributed by atoms with E-state index in [1.165, 1.54) is 18.5 Å². The molecule has 0 radical (unpaired) electrons. The molecule has 1 fully saturated rings. The minimum atomic E-state index is -0.395. The maximum absolute atomic E-state index is 9.09. The molecule has 1 saturated heterocycles. The number of anilines is 1. The zero-order chi connectivity index (χ0) is 12.4. The van der Waals surface area contributed by atoms with Crippen LogP contribution in [0.3, 0.4) is 0 Å². The van der Waals surface area contributed by atoms with Crippen LogP contribution in [-0.4, -0.2) is 24.8 Å². The average molecular weight is 255 g/mol. The van der Waals surface area contributed by atoms with E-state index in [4.69, 9.17) is 22.4 Å². The Morgan fingerprint density at radius 1 is 1.41 bits per heavy atom. The van der Waals surface area contributed by atoms with E-state index in [0.29, 0.717) is 5.02 Å². The lowest BCUT2D eigenvalue weighted by atomic mass is 10.0. The number of aliphatic hydroxyl groups is 1. The maximum atomic E-state index is 9.09. The highest BCUT2D eigenvalue weighted by molar-refractivity contribution is 6.32. The molecule has 3 N–H and O–H groups in total. The molecule has 4 heteroatoms. The first-order chi connectivity index (χ1) is 8.15. The average Bonchev–Trinajstić information content (AvgIpc) is 2.85. The highest BCUT2D eigenvalue weighted by Crippen LogP contribution is 2.33. The third-order valence-corrected chi connectivity index (χ3v) is 3.93. The molecule has 94 valence electrons. The molecule has 17 heavy (non-hydrogen) atoms. The molecule has 0 aromatic heterocycles. The van der Waals surface area contributed by atoms with Gasteiger partial charge in [0.15, 0.2) is 0 Å². The van der Waals surface area contributed by atoms with Crippen LogP contribution in [0.25, 0.3) is 0 Å². The van der Waals surface area contributed by atoms with Crippen LogP contribution in [0.1, 0.15) is 30.0 Å². The second-order valence-corrected chi connectivity index (χ2v) is 4.97. The first-order valence-corrected chi connectivity index (χ1v) is 6.43. The summed E-state index contributed by atoms with van der Waals surface area (Å²) in [4.78, 5) is 2.36. The van der Waals surface area contributed by atoms with Gasteiger partial charge in [0.25, 0.3) is 0 Å². The predicted octanol–water partition coefficient (Wildman–Crippen LogP) is 2.24. The molecule has 3 nitrogen and oxygen atoms in total. The van der Waals surface area contributed by atoms with Crippen molar-refractivity contribution >= 4 is 17.3 Å². The lowest BCUT2D eigenvalue weighted by Gasteiger charge is -2.23. The van der Waals surface area contributed by atoms with E-state index in [9.17, 15) is 0 Å². The number of hydrogen-bond acceptors (Lipinski definition) is 3. The van der Waals surface area contributed by atoms with Crippen LogP contribution >= 0.6 is 11.6 Å². The zero-order valence-corrected chi connectivity index (χ0v) is 10.9. The largest absolute Gasteiger partial charge is 0.394 e. The summed E-state index contributed by atoms with van der Waals surface area (Å²) in [5, 5.41) is 9.78. The van der Waals surface area contributed by atoms with Gasteiger partial charge in [0.1, 0.15) is 0 Å². The summed E-state index contributed by atoms with van der Waals surface area (Å²) >= 11 is 6.33. The Hall–Kier alpha value is -0.770. The summed E-state index contributed by atoms with van der Waals surface area (Å²) in [6, 6.07) is 3.61. The molecular weight excluding hydrogens is 236 g/mol. The lowest BCUT2D eigenvalue weighted by molar-refractivity contribution is 0.268. The quantitative estimate of drug-likeness (QED) is 0.870. The molecule has 1 aliphatic rings. The molecule has 1 aromatic rings. The monoisotopic (exact) mass is 254 g/mol. The number of nitrogens with two attached hydrogens (primary N) is 1. The number of rotatable bonds is 3. The minimum absolute atomic E-state index is 0.0811. The number of aliphatic hydroxyl groups excluding tert-OH is 1. The van der Waals surface area contributed by atoms with Crippen molar-refractivity contribution in [2.75, 3.05) is 24.6 Å². The number of halogens is 1. The van der Waals surface area contributed by atoms with E-state index >= 15 is 0 Å². The summed E-state index contributed by atoms with van der Waals surface area (Å²) in [5.74, 6) is 0. The first kappa shape index (κ1) is 12.7. The summed E-state index contributed by atoms with van der Waals surface area (Å²) in [7, 11) is 0. The predicted molar refractivity (Wildman–Crippen MR) is 71.7 cm³/mol. The third-order valence-electron chi connectivity index (χ3n) is 3.43. The number of benzene rings is 1. The van der Waals surface area contributed by atoms with Gasteiger partial charge in [-0.15, -0.1) is 0 Å². The first-order valence-electron chi connectivity index (χ1n) is 6.05. The van der Waals surface area contributed by atoms with E-state index in [2.05, 4.69) is 11.0 Å². The lowest BCUT2D eigenvalue weighted by Crippen LogP contribution is -2.20. The third kappa shape index (κ3) is 2.41. The van der Waals surface area contributed by atoms with Gasteiger partial charge in [-0.05, 0) is 37.0 Å². The van der Waals surface area contributed by atoms with Crippen LogP contribution in [0.2, 0.25) is 5.02 Å². The van der Waals surface area contributed by atoms with Crippen molar-refractivity contribution in [3.8, 4) is 0 Å². The molecule has 1 atom stereocenters. The highest BCUT2D eigenvalue weighted by Gasteiger charge is 2.18. The molecule has 1 aliphatic heterocycles. The van der Waals surface area contributed by atoms with Crippen molar-refractivity contribution in [2.24, 2.45) is 5.73 Å². The molecule has 1 aromatic carbocycles. The summed E-state index contributed by atoms with van der Waals surface area (Å²) < 4.78 is 0. The van der Waals surface area contributed by atoms with Crippen molar-refractivity contribution < 1.29 is 5.11 Å². The van der Waals surface area contributed by atoms with Crippen molar-refractivity contribution in [1.29, 1.82) is 0 Å². The fourth-order valence-electron chi connectivity index (χ4n) is 2.38. The van der Waals surface area contributed by atoms with Gasteiger partial charge in [-0.3, -0.25) is 0 Å². The molecule has 1 heterocycles. The van der Waals surface area contributed by atoms with Crippen LogP contribution in [0.5, 0.6) is 0 Å². The Labute approximate surface area is 107 Å². The molecule has 0 aliphatic carbocycles. The molecule has 0 amide bonds. The smallest absolute Gasteiger partial charge is 0.0624 e. The summed E-state index contributed by atoms with van der Waals surface area (Å²) in [5.41, 5.74) is 8.91. The Bertz CT molecular complexity index is 403. The molecule has 0 bridgehead atoms. The minimum Gasteiger partial charge on any atom is -0.394 e. The topological polar surface area (TPSA) is 49.5 Å². The maximum Gasteiger partial charge on any atom is 0.0624 e. The van der Waals surface area contributed by atoms with E-state index < -0.39 is 6.04 Å². The standard InChI is InChI=1S/C13H19ClN2O/c1-9-12(16-6-2-3-7-16)5-4-10(13(9)14)11(15)8-17/h4-5,11,17H,2-3,6-8,15H2,1H3/t11-/m1/s1. The number of nitrogens with zero attached hydrogens (tertiary/aromatic N) is 1. The van der Waals surface area contributed by atoms with E-state index in [0.717, 1.165) is 24.2 Å². The molecule has 0 spiro atoms. The van der Waals surface area contributed by atoms with Gasteiger partial charge in [0.05, 0.1) is 17.7 Å². The highest BCUT2D eigenvalue weighted by atomic mass is 35.5. The van der Waals surface area contributed by atoms with Crippen LogP contribution in [0.4, 0.5) is 5.69 Å². The molecule has 0 saturated carbocycles. The van der Waals surface area contributed by atoms with Crippen LogP contribution in [-0.2, 0) is 0 Å². The van der Waals surface area contributed by atoms with Gasteiger partial charge in [0.2, 0.25) is 0 Å². The summed E-state index contributed by atoms with van der Waals surface area (Å²) in [6.07, 6.45) is 2.49. The summed E-state index contributed by atoms with van der Waals surface area (Å²) in [6.45, 7) is 4.14. The molecule has 0 unspecified atom stereocenters. The van der Waals surface area contributed by atoms with E-state index in [-0.39, 0.29) is 6.61 Å². The SMILES string of the molecule is Cc1c(N2CCCC2)ccc([C@H](N)CO)c1Cl. The Balaban J connectivity index is 2.34. The Kier molecular flexibility index (Phi) is 3.92. The van der Waals surface area contributed by atoms with E-state index in [1.54, 1.807) is 0 Å². The van der Waals surface area contributed by atoms with Gasteiger partial charge in [-0.2, -0.15) is 0 Å². The Morgan fingerprint density at radius 2 is 2.06 bits per heavy atom. The van der Waals surface area contributed by atoms with Crippen molar-refractivity contribution in [2.45, 2.75) is 25.8 Å². The van der Waals surface area contributed by atoms with Gasteiger partial charge in [-0.25, -0.2) is 0 Å². The molecular formula is C13H19ClN2O. The normalized spacial score (nSPS) is 17.5. The Morgan fingerprint density at radius 3 is 2.65 bits per heavy atom. The van der Waals surface area contributed by atoms with Gasteiger partial charge in [-0.1, -0.05) is 17.7 Å². The van der Waals surface area contributed by atoms with Gasteiger partial charge in [0, 0.05) is 18.8 Å². The van der Waals surface area contributed by atoms with Crippen LogP contribution in [0.15, 0.2) is 12.1 Å². The van der Waals surface area contributed by atoms with Crippen molar-refractivity contribution in [3.63, 3.8) is 0 Å². The second-order valence-electron chi connectivity index (χ2n) is 4.60. The second kappa shape index (κ2) is 5.25. The number of hydrogen-bond donors (Lipinski definition) is 2. The zero-order valence-electron chi connectivity index (χ0n) is 10.1. The van der Waals surface area contributed by atoms with Crippen LogP contribution in [0, 0.1) is 6.92 Å². The van der Waals surface area contributed by atoms with E-state index in [1.807, 2.05) is 13.0 Å². The van der Waals surface area contributed by atoms with Crippen LogP contribution < -0.4 is 10.6 Å². The van der Waals surface area contributed by atoms with Gasteiger partial charge >= 0.3 is 0 Å². The van der Waals surface area contributed by atoms with Gasteiger partial charge < -0.3 is 15.7 Å². The fourth-order valence-corrected chi connectivity index (χ4v) is 2.68. The van der Waals surface area contributed by atoms with Crippen molar-refractivity contribution in [1.82, 2.24) is 0 Å². The van der Waals surface area contributed by atoms with Crippen molar-refractivity contribution in [3.05, 3.63) is 28.3 Å². The molecule has 2 rings (SSSR count).